The summed E-state index contributed by atoms with van der Waals surface area (Å²) in [6.07, 6.45) is 1.32. The van der Waals surface area contributed by atoms with Crippen molar-refractivity contribution in [3.63, 3.8) is 0 Å². The molecule has 2 saturated heterocycles. The standard InChI is InChI=1S/C21H23N3O4S/c1-15-4-2-5-16(14-15)20-21(26)22-11-13-24(20)29(27,28)18-9-7-17(8-10-18)23-12-3-6-19(23)25/h2,4-5,7-10,14,20H,3,6,11-13H2,1H3,(H,22,26). The Bertz CT molecular complexity index is 1050. The van der Waals surface area contributed by atoms with Gasteiger partial charge in [-0.1, -0.05) is 29.8 Å². The summed E-state index contributed by atoms with van der Waals surface area (Å²) in [5, 5.41) is 2.77. The highest BCUT2D eigenvalue weighted by Gasteiger charge is 2.39. The zero-order chi connectivity index (χ0) is 20.6. The fraction of sp³-hybridized carbons (Fsp3) is 0.333. The SMILES string of the molecule is Cc1cccc(C2C(=O)NCCN2S(=O)(=O)c2ccc(N3CCCC3=O)cc2)c1. The van der Waals surface area contributed by atoms with Crippen molar-refractivity contribution in [3.05, 3.63) is 59.7 Å². The molecule has 2 amide bonds. The van der Waals surface area contributed by atoms with E-state index in [1.807, 2.05) is 25.1 Å². The van der Waals surface area contributed by atoms with Gasteiger partial charge in [0.15, 0.2) is 0 Å². The van der Waals surface area contributed by atoms with E-state index in [0.29, 0.717) is 24.2 Å². The zero-order valence-corrected chi connectivity index (χ0v) is 17.0. The first-order chi connectivity index (χ1) is 13.9. The number of sulfonamides is 1. The fourth-order valence-corrected chi connectivity index (χ4v) is 5.49. The fourth-order valence-electron chi connectivity index (χ4n) is 3.92. The van der Waals surface area contributed by atoms with Crippen molar-refractivity contribution in [1.29, 1.82) is 0 Å². The van der Waals surface area contributed by atoms with Gasteiger partial charge in [-0.2, -0.15) is 4.31 Å². The first kappa shape index (κ1) is 19.6. The van der Waals surface area contributed by atoms with Crippen molar-refractivity contribution in [3.8, 4) is 0 Å². The van der Waals surface area contributed by atoms with Gasteiger partial charge in [-0.05, 0) is 43.2 Å². The first-order valence-corrected chi connectivity index (χ1v) is 11.1. The number of rotatable bonds is 4. The molecular weight excluding hydrogens is 390 g/mol. The number of carbonyl (C=O) groups excluding carboxylic acids is 2. The number of nitrogens with zero attached hydrogens (tertiary/aromatic N) is 2. The Morgan fingerprint density at radius 2 is 1.79 bits per heavy atom. The summed E-state index contributed by atoms with van der Waals surface area (Å²) in [7, 11) is -3.89. The minimum Gasteiger partial charge on any atom is -0.353 e. The van der Waals surface area contributed by atoms with E-state index in [2.05, 4.69) is 5.32 Å². The normalized spacial score (nSPS) is 20.7. The molecule has 2 aliphatic heterocycles. The van der Waals surface area contributed by atoms with Crippen LogP contribution in [0.3, 0.4) is 0 Å². The van der Waals surface area contributed by atoms with E-state index < -0.39 is 16.1 Å². The van der Waals surface area contributed by atoms with Crippen LogP contribution in [-0.4, -0.2) is 44.2 Å². The molecule has 2 fully saturated rings. The minimum atomic E-state index is -3.89. The zero-order valence-electron chi connectivity index (χ0n) is 16.2. The number of piperazine rings is 1. The molecule has 1 N–H and O–H groups in total. The van der Waals surface area contributed by atoms with Gasteiger partial charge in [-0.15, -0.1) is 0 Å². The second kappa shape index (κ2) is 7.61. The van der Waals surface area contributed by atoms with Crippen molar-refractivity contribution in [2.75, 3.05) is 24.5 Å². The Hall–Kier alpha value is -2.71. The monoisotopic (exact) mass is 413 g/mol. The summed E-state index contributed by atoms with van der Waals surface area (Å²) < 4.78 is 28.0. The molecular formula is C21H23N3O4S. The second-order valence-electron chi connectivity index (χ2n) is 7.37. The Kier molecular flexibility index (Phi) is 5.14. The number of nitrogens with one attached hydrogen (secondary N) is 1. The third kappa shape index (κ3) is 3.65. The summed E-state index contributed by atoms with van der Waals surface area (Å²) >= 11 is 0. The molecule has 2 heterocycles. The minimum absolute atomic E-state index is 0.0489. The van der Waals surface area contributed by atoms with Crippen LogP contribution in [-0.2, 0) is 19.6 Å². The molecule has 8 heteroatoms. The highest BCUT2D eigenvalue weighted by molar-refractivity contribution is 7.89. The maximum absolute atomic E-state index is 13.4. The number of aryl methyl sites for hydroxylation is 1. The molecule has 0 aromatic heterocycles. The van der Waals surface area contributed by atoms with Gasteiger partial charge >= 0.3 is 0 Å². The number of carbonyl (C=O) groups is 2. The maximum Gasteiger partial charge on any atom is 0.244 e. The maximum atomic E-state index is 13.4. The van der Waals surface area contributed by atoms with Gasteiger partial charge in [0.25, 0.3) is 0 Å². The van der Waals surface area contributed by atoms with Crippen molar-refractivity contribution in [1.82, 2.24) is 9.62 Å². The number of hydrogen-bond acceptors (Lipinski definition) is 4. The van der Waals surface area contributed by atoms with Crippen LogP contribution in [0.2, 0.25) is 0 Å². The Balaban J connectivity index is 1.67. The molecule has 4 rings (SSSR count). The highest BCUT2D eigenvalue weighted by atomic mass is 32.2. The average molecular weight is 413 g/mol. The van der Waals surface area contributed by atoms with Crippen LogP contribution in [0, 0.1) is 6.92 Å². The van der Waals surface area contributed by atoms with Gasteiger partial charge in [0.2, 0.25) is 21.8 Å². The lowest BCUT2D eigenvalue weighted by atomic mass is 10.0. The number of anilines is 1. The van der Waals surface area contributed by atoms with Crippen LogP contribution in [0.25, 0.3) is 0 Å². The van der Waals surface area contributed by atoms with Gasteiger partial charge in [0.05, 0.1) is 4.90 Å². The van der Waals surface area contributed by atoms with Crippen molar-refractivity contribution >= 4 is 27.5 Å². The molecule has 0 saturated carbocycles. The summed E-state index contributed by atoms with van der Waals surface area (Å²) in [5.74, 6) is -0.280. The predicted molar refractivity (Wildman–Crippen MR) is 109 cm³/mol. The van der Waals surface area contributed by atoms with Crippen molar-refractivity contribution in [2.45, 2.75) is 30.7 Å². The quantitative estimate of drug-likeness (QED) is 0.830. The second-order valence-corrected chi connectivity index (χ2v) is 9.26. The number of hydrogen-bond donors (Lipinski definition) is 1. The highest BCUT2D eigenvalue weighted by Crippen LogP contribution is 2.31. The molecule has 29 heavy (non-hydrogen) atoms. The van der Waals surface area contributed by atoms with Crippen LogP contribution in [0.1, 0.15) is 30.0 Å². The molecule has 7 nitrogen and oxygen atoms in total. The van der Waals surface area contributed by atoms with Crippen LogP contribution in [0.4, 0.5) is 5.69 Å². The molecule has 1 unspecified atom stereocenters. The number of amides is 2. The van der Waals surface area contributed by atoms with Crippen molar-refractivity contribution in [2.24, 2.45) is 0 Å². The van der Waals surface area contributed by atoms with E-state index >= 15 is 0 Å². The summed E-state index contributed by atoms with van der Waals surface area (Å²) in [6, 6.07) is 12.7. The molecule has 152 valence electrons. The molecule has 2 aromatic carbocycles. The van der Waals surface area contributed by atoms with E-state index in [0.717, 1.165) is 12.0 Å². The van der Waals surface area contributed by atoms with Crippen LogP contribution >= 0.6 is 0 Å². The van der Waals surface area contributed by atoms with E-state index in [1.54, 1.807) is 23.1 Å². The lowest BCUT2D eigenvalue weighted by molar-refractivity contribution is -0.127. The summed E-state index contributed by atoms with van der Waals surface area (Å²) in [6.45, 7) is 3.01. The Morgan fingerprint density at radius 3 is 2.45 bits per heavy atom. The Labute approximate surface area is 170 Å². The van der Waals surface area contributed by atoms with E-state index in [1.165, 1.54) is 16.4 Å². The smallest absolute Gasteiger partial charge is 0.244 e. The van der Waals surface area contributed by atoms with Gasteiger partial charge in [-0.3, -0.25) is 9.59 Å². The van der Waals surface area contributed by atoms with Crippen LogP contribution in [0.5, 0.6) is 0 Å². The number of benzene rings is 2. The molecule has 1 atom stereocenters. The molecule has 2 aromatic rings. The lowest BCUT2D eigenvalue weighted by Crippen LogP contribution is -2.52. The topological polar surface area (TPSA) is 86.8 Å². The molecule has 0 spiro atoms. The average Bonchev–Trinajstić information content (AvgIpc) is 3.14. The van der Waals surface area contributed by atoms with Crippen molar-refractivity contribution < 1.29 is 18.0 Å². The molecule has 0 radical (unpaired) electrons. The van der Waals surface area contributed by atoms with E-state index in [-0.39, 0.29) is 29.8 Å². The van der Waals surface area contributed by atoms with Crippen LogP contribution in [0.15, 0.2) is 53.4 Å². The third-order valence-electron chi connectivity index (χ3n) is 5.35. The Morgan fingerprint density at radius 1 is 1.03 bits per heavy atom. The summed E-state index contributed by atoms with van der Waals surface area (Å²) in [4.78, 5) is 26.3. The summed E-state index contributed by atoms with van der Waals surface area (Å²) in [5.41, 5.74) is 2.29. The first-order valence-electron chi connectivity index (χ1n) is 9.64. The molecule has 2 aliphatic rings. The van der Waals surface area contributed by atoms with E-state index in [4.69, 9.17) is 0 Å². The van der Waals surface area contributed by atoms with Crippen LogP contribution < -0.4 is 10.2 Å². The van der Waals surface area contributed by atoms with Gasteiger partial charge in [0, 0.05) is 31.7 Å². The predicted octanol–water partition coefficient (Wildman–Crippen LogP) is 1.98. The van der Waals surface area contributed by atoms with Gasteiger partial charge < -0.3 is 10.2 Å². The molecule has 0 bridgehead atoms. The van der Waals surface area contributed by atoms with Gasteiger partial charge in [0.1, 0.15) is 6.04 Å². The van der Waals surface area contributed by atoms with E-state index in [9.17, 15) is 18.0 Å². The van der Waals surface area contributed by atoms with Gasteiger partial charge in [-0.25, -0.2) is 8.42 Å². The largest absolute Gasteiger partial charge is 0.353 e. The molecule has 0 aliphatic carbocycles. The lowest BCUT2D eigenvalue weighted by Gasteiger charge is -2.34. The third-order valence-corrected chi connectivity index (χ3v) is 7.23.